The predicted molar refractivity (Wildman–Crippen MR) is 118 cm³/mol. The summed E-state index contributed by atoms with van der Waals surface area (Å²) < 4.78 is 2.19. The van der Waals surface area contributed by atoms with Gasteiger partial charge in [-0.15, -0.1) is 3.96 Å². The van der Waals surface area contributed by atoms with Crippen molar-refractivity contribution < 1.29 is 3.96 Å². The molecule has 0 aliphatic carbocycles. The van der Waals surface area contributed by atoms with E-state index in [0.717, 1.165) is 27.9 Å². The molecular weight excluding hydrogens is 362 g/mol. The zero-order chi connectivity index (χ0) is 19.7. The number of benzene rings is 3. The second kappa shape index (κ2) is 7.56. The van der Waals surface area contributed by atoms with Gasteiger partial charge in [0, 0.05) is 5.69 Å². The third-order valence-electron chi connectivity index (χ3n) is 4.79. The number of aromatic nitrogens is 2. The van der Waals surface area contributed by atoms with Gasteiger partial charge in [-0.3, -0.25) is 0 Å². The summed E-state index contributed by atoms with van der Waals surface area (Å²) in [6.45, 7) is 8.52. The van der Waals surface area contributed by atoms with Crippen molar-refractivity contribution in [2.24, 2.45) is 0 Å². The van der Waals surface area contributed by atoms with Gasteiger partial charge in [0.1, 0.15) is 17.2 Å². The largest absolute Gasteiger partial charge is 0.350 e. The van der Waals surface area contributed by atoms with E-state index in [1.165, 1.54) is 22.3 Å². The highest BCUT2D eigenvalue weighted by Crippen LogP contribution is 2.29. The molecule has 3 nitrogen and oxygen atoms in total. The van der Waals surface area contributed by atoms with E-state index in [1.54, 1.807) is 11.5 Å². The lowest BCUT2D eigenvalue weighted by atomic mass is 10.1. The molecule has 0 saturated heterocycles. The molecule has 0 fully saturated rings. The van der Waals surface area contributed by atoms with Crippen LogP contribution in [0.4, 0.5) is 10.8 Å². The van der Waals surface area contributed by atoms with E-state index in [-0.39, 0.29) is 0 Å². The van der Waals surface area contributed by atoms with Gasteiger partial charge in [0.15, 0.2) is 0 Å². The van der Waals surface area contributed by atoms with Gasteiger partial charge in [-0.2, -0.15) is 0 Å². The third-order valence-corrected chi connectivity index (χ3v) is 5.72. The fourth-order valence-corrected chi connectivity index (χ4v) is 4.36. The minimum Gasteiger partial charge on any atom is -0.307 e. The molecule has 1 heterocycles. The summed E-state index contributed by atoms with van der Waals surface area (Å²) in [7, 11) is 0. The molecule has 0 saturated carbocycles. The van der Waals surface area contributed by atoms with Crippen LogP contribution in [0, 0.1) is 27.7 Å². The van der Waals surface area contributed by atoms with Gasteiger partial charge in [0.2, 0.25) is 0 Å². The first-order valence-corrected chi connectivity index (χ1v) is 10.2. The summed E-state index contributed by atoms with van der Waals surface area (Å²) in [5.41, 5.74) is 8.34. The summed E-state index contributed by atoms with van der Waals surface area (Å²) in [6, 6.07) is 23.3. The van der Waals surface area contributed by atoms with Crippen molar-refractivity contribution in [3.8, 4) is 17.1 Å². The second-order valence-corrected chi connectivity index (χ2v) is 8.16. The molecule has 28 heavy (non-hydrogen) atoms. The number of anilines is 2. The first kappa shape index (κ1) is 18.4. The first-order valence-electron chi connectivity index (χ1n) is 9.42. The minimum absolute atomic E-state index is 0.884. The monoisotopic (exact) mass is 386 g/mol. The quantitative estimate of drug-likeness (QED) is 0.432. The van der Waals surface area contributed by atoms with Gasteiger partial charge in [0.05, 0.1) is 5.56 Å². The Balaban J connectivity index is 1.81. The highest BCUT2D eigenvalue weighted by atomic mass is 32.1. The average Bonchev–Trinajstić information content (AvgIpc) is 3.10. The molecule has 0 aliphatic rings. The van der Waals surface area contributed by atoms with Crippen LogP contribution in [0.3, 0.4) is 0 Å². The van der Waals surface area contributed by atoms with Crippen molar-refractivity contribution in [2.75, 3.05) is 5.32 Å². The molecule has 4 aromatic rings. The lowest BCUT2D eigenvalue weighted by molar-refractivity contribution is -0.509. The van der Waals surface area contributed by atoms with Gasteiger partial charge >= 0.3 is 11.0 Å². The number of rotatable bonds is 4. The van der Waals surface area contributed by atoms with Gasteiger partial charge in [-0.05, 0) is 68.1 Å². The number of nitrogens with one attached hydrogen (secondary N) is 1. The number of nitrogens with zero attached hydrogens (tertiary/aromatic N) is 2. The molecule has 0 atom stereocenters. The highest BCUT2D eigenvalue weighted by molar-refractivity contribution is 7.06. The van der Waals surface area contributed by atoms with E-state index >= 15 is 0 Å². The Morgan fingerprint density at radius 2 is 1.43 bits per heavy atom. The van der Waals surface area contributed by atoms with Crippen molar-refractivity contribution >= 4 is 22.4 Å². The van der Waals surface area contributed by atoms with Crippen LogP contribution in [0.5, 0.6) is 0 Å². The summed E-state index contributed by atoms with van der Waals surface area (Å²) >= 11 is 1.62. The summed E-state index contributed by atoms with van der Waals surface area (Å²) in [6.07, 6.45) is 0. The zero-order valence-corrected chi connectivity index (χ0v) is 17.5. The smallest absolute Gasteiger partial charge is 0.307 e. The van der Waals surface area contributed by atoms with Crippen LogP contribution in [-0.2, 0) is 0 Å². The van der Waals surface area contributed by atoms with Crippen LogP contribution in [0.25, 0.3) is 17.1 Å². The molecule has 4 heteroatoms. The number of hydrogen-bond acceptors (Lipinski definition) is 3. The predicted octanol–water partition coefficient (Wildman–Crippen LogP) is 6.06. The lowest BCUT2D eigenvalue weighted by Crippen LogP contribution is -2.27. The van der Waals surface area contributed by atoms with E-state index in [2.05, 4.69) is 97.6 Å². The maximum atomic E-state index is 4.96. The van der Waals surface area contributed by atoms with Crippen LogP contribution in [0.2, 0.25) is 0 Å². The van der Waals surface area contributed by atoms with Crippen LogP contribution in [-0.4, -0.2) is 4.98 Å². The van der Waals surface area contributed by atoms with E-state index < -0.39 is 0 Å². The van der Waals surface area contributed by atoms with Crippen LogP contribution >= 0.6 is 11.5 Å². The Bertz CT molecular complexity index is 1090. The standard InChI is InChI=1S/C24H23N3S/c1-16-10-12-20(13-11-16)23-26-24(28-27(23)21-8-6-5-7-9-21)25-22-18(3)14-17(2)15-19(22)4/h5-15H,1-4H3/p+1. The van der Waals surface area contributed by atoms with Crippen molar-refractivity contribution in [3.05, 3.63) is 89.0 Å². The number of hydrogen-bond donors (Lipinski definition) is 1. The van der Waals surface area contributed by atoms with E-state index in [9.17, 15) is 0 Å². The molecular formula is C24H24N3S+. The van der Waals surface area contributed by atoms with Crippen LogP contribution in [0.15, 0.2) is 66.7 Å². The fraction of sp³-hybridized carbons (Fsp3) is 0.167. The summed E-state index contributed by atoms with van der Waals surface area (Å²) in [5, 5.41) is 4.45. The molecule has 1 N–H and O–H groups in total. The molecule has 0 spiro atoms. The Morgan fingerprint density at radius 3 is 2.07 bits per heavy atom. The third kappa shape index (κ3) is 3.69. The Labute approximate surface area is 170 Å². The van der Waals surface area contributed by atoms with Crippen molar-refractivity contribution in [1.82, 2.24) is 4.98 Å². The minimum atomic E-state index is 0.884. The van der Waals surface area contributed by atoms with Gasteiger partial charge in [-0.25, -0.2) is 0 Å². The highest BCUT2D eigenvalue weighted by Gasteiger charge is 2.25. The van der Waals surface area contributed by atoms with Gasteiger partial charge in [0.25, 0.3) is 0 Å². The Hall–Kier alpha value is -2.98. The van der Waals surface area contributed by atoms with E-state index in [4.69, 9.17) is 4.98 Å². The molecule has 0 aliphatic heterocycles. The first-order chi connectivity index (χ1) is 13.5. The average molecular weight is 387 g/mol. The van der Waals surface area contributed by atoms with Crippen LogP contribution < -0.4 is 9.27 Å². The van der Waals surface area contributed by atoms with Crippen molar-refractivity contribution in [2.45, 2.75) is 27.7 Å². The molecule has 0 amide bonds. The Kier molecular flexibility index (Phi) is 4.97. The number of para-hydroxylation sites is 1. The van der Waals surface area contributed by atoms with E-state index in [1.807, 2.05) is 6.07 Å². The molecule has 4 rings (SSSR count). The molecule has 140 valence electrons. The molecule has 3 aromatic carbocycles. The van der Waals surface area contributed by atoms with Crippen molar-refractivity contribution in [1.29, 1.82) is 0 Å². The summed E-state index contributed by atoms with van der Waals surface area (Å²) in [5.74, 6) is 0.945. The maximum Gasteiger partial charge on any atom is 0.350 e. The van der Waals surface area contributed by atoms with Crippen molar-refractivity contribution in [3.63, 3.8) is 0 Å². The zero-order valence-electron chi connectivity index (χ0n) is 16.7. The van der Waals surface area contributed by atoms with E-state index in [0.29, 0.717) is 0 Å². The summed E-state index contributed by atoms with van der Waals surface area (Å²) in [4.78, 5) is 4.96. The van der Waals surface area contributed by atoms with Gasteiger partial charge < -0.3 is 5.32 Å². The lowest BCUT2D eigenvalue weighted by Gasteiger charge is -2.09. The number of aryl methyl sites for hydroxylation is 4. The second-order valence-electron chi connectivity index (χ2n) is 7.23. The van der Waals surface area contributed by atoms with Crippen LogP contribution in [0.1, 0.15) is 22.3 Å². The van der Waals surface area contributed by atoms with Gasteiger partial charge in [-0.1, -0.05) is 53.6 Å². The molecule has 0 unspecified atom stereocenters. The maximum absolute atomic E-state index is 4.96. The molecule has 0 bridgehead atoms. The molecule has 0 radical (unpaired) electrons. The normalized spacial score (nSPS) is 10.9. The molecule has 1 aromatic heterocycles. The fourth-order valence-electron chi connectivity index (χ4n) is 3.45. The topological polar surface area (TPSA) is 28.8 Å². The SMILES string of the molecule is Cc1ccc(-c2nc(Nc3c(C)cc(C)cc3C)s[n+]2-c2ccccc2)cc1. The Morgan fingerprint density at radius 1 is 0.786 bits per heavy atom.